The molecule has 0 radical (unpaired) electrons. The Morgan fingerprint density at radius 1 is 1.53 bits per heavy atom. The van der Waals surface area contributed by atoms with Gasteiger partial charge in [0.1, 0.15) is 11.5 Å². The monoisotopic (exact) mass is 265 g/mol. The van der Waals surface area contributed by atoms with Crippen LogP contribution in [0.2, 0.25) is 0 Å². The Morgan fingerprint density at radius 2 is 2.12 bits per heavy atom. The lowest BCUT2D eigenvalue weighted by atomic mass is 10.3. The van der Waals surface area contributed by atoms with Gasteiger partial charge in [-0.2, -0.15) is 8.42 Å². The third-order valence-electron chi connectivity index (χ3n) is 2.24. The van der Waals surface area contributed by atoms with Crippen molar-refractivity contribution in [2.45, 2.75) is 17.9 Å². The molecule has 1 amide bonds. The van der Waals surface area contributed by atoms with Gasteiger partial charge in [0.05, 0.1) is 6.42 Å². The maximum atomic E-state index is 11.2. The van der Waals surface area contributed by atoms with Crippen LogP contribution in [0.25, 0.3) is 0 Å². The molecule has 0 aliphatic carbocycles. The summed E-state index contributed by atoms with van der Waals surface area (Å²) in [6.07, 6.45) is 0.00643. The summed E-state index contributed by atoms with van der Waals surface area (Å²) in [6.45, 7) is -0.585. The number of hydrogen-bond acceptors (Lipinski definition) is 5. The number of carboxylic acid groups (broad SMARTS) is 1. The molecule has 2 atom stereocenters. The van der Waals surface area contributed by atoms with Crippen molar-refractivity contribution in [3.8, 4) is 0 Å². The van der Waals surface area contributed by atoms with Crippen molar-refractivity contribution in [3.63, 3.8) is 0 Å². The first-order valence-electron chi connectivity index (χ1n) is 4.57. The minimum atomic E-state index is -4.61. The van der Waals surface area contributed by atoms with E-state index in [0.717, 1.165) is 17.1 Å². The van der Waals surface area contributed by atoms with Gasteiger partial charge in [0.15, 0.2) is 0 Å². The molecule has 3 N–H and O–H groups in total. The van der Waals surface area contributed by atoms with Crippen molar-refractivity contribution in [3.05, 3.63) is 12.2 Å². The van der Waals surface area contributed by atoms with Crippen LogP contribution in [0.3, 0.4) is 0 Å². The Morgan fingerprint density at radius 3 is 2.47 bits per heavy atom. The molecule has 0 aromatic heterocycles. The average Bonchev–Trinajstić information content (AvgIpc) is 2.46. The van der Waals surface area contributed by atoms with Gasteiger partial charge in [-0.25, -0.2) is 0 Å². The molecule has 9 heteroatoms. The maximum Gasteiger partial charge on any atom is 0.304 e. The zero-order chi connectivity index (χ0) is 13.2. The van der Waals surface area contributed by atoms with E-state index < -0.39 is 46.4 Å². The van der Waals surface area contributed by atoms with Crippen molar-refractivity contribution in [1.82, 2.24) is 4.90 Å². The lowest BCUT2D eigenvalue weighted by Crippen LogP contribution is -2.43. The average molecular weight is 265 g/mol. The van der Waals surface area contributed by atoms with Crippen LogP contribution in [0.15, 0.2) is 12.2 Å². The molecule has 2 unspecified atom stereocenters. The van der Waals surface area contributed by atoms with E-state index >= 15 is 0 Å². The highest BCUT2D eigenvalue weighted by molar-refractivity contribution is 7.86. The third-order valence-corrected chi connectivity index (χ3v) is 3.40. The minimum Gasteiger partial charge on any atom is -0.481 e. The summed E-state index contributed by atoms with van der Waals surface area (Å²) in [5.41, 5.74) is 0. The van der Waals surface area contributed by atoms with E-state index in [1.807, 2.05) is 0 Å². The molecule has 8 nitrogen and oxygen atoms in total. The minimum absolute atomic E-state index is 0.585. The van der Waals surface area contributed by atoms with Gasteiger partial charge in [-0.15, -0.1) is 0 Å². The smallest absolute Gasteiger partial charge is 0.304 e. The van der Waals surface area contributed by atoms with Crippen molar-refractivity contribution in [1.29, 1.82) is 0 Å². The highest BCUT2D eigenvalue weighted by atomic mass is 32.2. The Bertz CT molecular complexity index is 454. The number of aliphatic hydroxyl groups excluding tert-OH is 1. The predicted molar refractivity (Wildman–Crippen MR) is 54.4 cm³/mol. The fourth-order valence-electron chi connectivity index (χ4n) is 1.37. The van der Waals surface area contributed by atoms with E-state index in [-0.39, 0.29) is 0 Å². The molecular formula is C8H11NO7S. The van der Waals surface area contributed by atoms with Crippen LogP contribution < -0.4 is 0 Å². The Labute approximate surface area is 96.9 Å². The summed E-state index contributed by atoms with van der Waals surface area (Å²) in [5, 5.41) is 16.1. The van der Waals surface area contributed by atoms with E-state index in [0.29, 0.717) is 0 Å². The lowest BCUT2D eigenvalue weighted by Gasteiger charge is -2.23. The molecular weight excluding hydrogens is 254 g/mol. The number of aliphatic hydroxyl groups is 1. The third kappa shape index (κ3) is 3.51. The van der Waals surface area contributed by atoms with Crippen LogP contribution >= 0.6 is 0 Å². The second-order valence-corrected chi connectivity index (χ2v) is 5.19. The Balaban J connectivity index is 2.81. The largest absolute Gasteiger partial charge is 0.481 e. The molecule has 1 heterocycles. The summed E-state index contributed by atoms with van der Waals surface area (Å²) < 4.78 is 30.7. The SMILES string of the molecule is O=C(O)CC(CN1C(=O)C=CC1O)S(=O)(=O)O. The van der Waals surface area contributed by atoms with E-state index in [2.05, 4.69) is 0 Å². The van der Waals surface area contributed by atoms with Crippen LogP contribution in [0.1, 0.15) is 6.42 Å². The molecule has 1 aliphatic heterocycles. The van der Waals surface area contributed by atoms with Gasteiger partial charge in [0.2, 0.25) is 5.91 Å². The lowest BCUT2D eigenvalue weighted by molar-refractivity contribution is -0.138. The number of nitrogens with zero attached hydrogens (tertiary/aromatic N) is 1. The summed E-state index contributed by atoms with van der Waals surface area (Å²) in [4.78, 5) is 22.4. The van der Waals surface area contributed by atoms with Crippen molar-refractivity contribution < 1.29 is 32.8 Å². The normalized spacial score (nSPS) is 21.9. The molecule has 0 fully saturated rings. The number of carbonyl (C=O) groups is 2. The van der Waals surface area contributed by atoms with Gasteiger partial charge in [-0.05, 0) is 6.08 Å². The molecule has 1 rings (SSSR count). The van der Waals surface area contributed by atoms with E-state index in [9.17, 15) is 23.1 Å². The van der Waals surface area contributed by atoms with Gasteiger partial charge in [-0.3, -0.25) is 14.1 Å². The van der Waals surface area contributed by atoms with Crippen molar-refractivity contribution in [2.24, 2.45) is 0 Å². The Hall–Kier alpha value is -1.45. The number of amides is 1. The summed E-state index contributed by atoms with van der Waals surface area (Å²) in [6, 6.07) is 0. The van der Waals surface area contributed by atoms with E-state index in [4.69, 9.17) is 9.66 Å². The molecule has 1 aliphatic rings. The molecule has 0 saturated carbocycles. The molecule has 0 spiro atoms. The zero-order valence-corrected chi connectivity index (χ0v) is 9.37. The first kappa shape index (κ1) is 13.6. The van der Waals surface area contributed by atoms with Gasteiger partial charge in [-0.1, -0.05) is 0 Å². The van der Waals surface area contributed by atoms with E-state index in [1.54, 1.807) is 0 Å². The number of rotatable bonds is 5. The summed E-state index contributed by atoms with van der Waals surface area (Å²) in [5.74, 6) is -2.07. The summed E-state index contributed by atoms with van der Waals surface area (Å²) in [7, 11) is -4.61. The first-order valence-corrected chi connectivity index (χ1v) is 6.07. The second kappa shape index (κ2) is 4.82. The number of carboxylic acids is 1. The van der Waals surface area contributed by atoms with Gasteiger partial charge >= 0.3 is 5.97 Å². The zero-order valence-electron chi connectivity index (χ0n) is 8.55. The van der Waals surface area contributed by atoms with Crippen LogP contribution in [-0.2, 0) is 19.7 Å². The number of hydrogen-bond donors (Lipinski definition) is 3. The van der Waals surface area contributed by atoms with E-state index in [1.165, 1.54) is 0 Å². The topological polar surface area (TPSA) is 132 Å². The highest BCUT2D eigenvalue weighted by Gasteiger charge is 2.33. The fourth-order valence-corrected chi connectivity index (χ4v) is 2.08. The fraction of sp³-hybridized carbons (Fsp3) is 0.500. The molecule has 96 valence electrons. The van der Waals surface area contributed by atoms with Crippen LogP contribution in [0.4, 0.5) is 0 Å². The van der Waals surface area contributed by atoms with Gasteiger partial charge < -0.3 is 15.1 Å². The highest BCUT2D eigenvalue weighted by Crippen LogP contribution is 2.14. The standard InChI is InChI=1S/C8H11NO7S/c10-6-1-2-7(11)9(6)4-5(3-8(12)13)17(14,15)16/h1-2,5-6,10H,3-4H2,(H,12,13)(H,14,15,16). The molecule has 0 aromatic carbocycles. The van der Waals surface area contributed by atoms with Crippen molar-refractivity contribution in [2.75, 3.05) is 6.54 Å². The van der Waals surface area contributed by atoms with Crippen LogP contribution in [-0.4, -0.2) is 58.0 Å². The Kier molecular flexibility index (Phi) is 3.86. The predicted octanol–water partition coefficient (Wildman–Crippen LogP) is -1.57. The second-order valence-electron chi connectivity index (χ2n) is 3.50. The van der Waals surface area contributed by atoms with Crippen molar-refractivity contribution >= 4 is 22.0 Å². The van der Waals surface area contributed by atoms with Crippen LogP contribution in [0.5, 0.6) is 0 Å². The van der Waals surface area contributed by atoms with Gasteiger partial charge in [0, 0.05) is 12.6 Å². The number of carbonyl (C=O) groups excluding carboxylic acids is 1. The maximum absolute atomic E-state index is 11.2. The molecule has 0 saturated heterocycles. The van der Waals surface area contributed by atoms with Gasteiger partial charge in [0.25, 0.3) is 10.1 Å². The van der Waals surface area contributed by atoms with Crippen LogP contribution in [0, 0.1) is 0 Å². The molecule has 0 bridgehead atoms. The first-order chi connectivity index (χ1) is 7.71. The molecule has 0 aromatic rings. The quantitative estimate of drug-likeness (QED) is 0.512. The summed E-state index contributed by atoms with van der Waals surface area (Å²) >= 11 is 0. The molecule has 17 heavy (non-hydrogen) atoms. The number of aliphatic carboxylic acids is 1.